The second kappa shape index (κ2) is 8.28. The van der Waals surface area contributed by atoms with Crippen molar-refractivity contribution in [3.63, 3.8) is 0 Å². The Labute approximate surface area is 236 Å². The number of fused-ring (bicyclic) bond motifs is 4. The van der Waals surface area contributed by atoms with E-state index in [1.165, 1.54) is 18.0 Å². The first kappa shape index (κ1) is 24.9. The average molecular weight is 651 g/mol. The first-order chi connectivity index (χ1) is 17.5. The molecule has 7 nitrogen and oxygen atoms in total. The van der Waals surface area contributed by atoms with Gasteiger partial charge in [0.15, 0.2) is 9.75 Å². The highest BCUT2D eigenvalue weighted by atomic mass is 127. The summed E-state index contributed by atoms with van der Waals surface area (Å²) >= 11 is 16.3. The lowest BCUT2D eigenvalue weighted by molar-refractivity contribution is -0.138. The van der Waals surface area contributed by atoms with Gasteiger partial charge < -0.3 is 5.11 Å². The molecule has 2 saturated heterocycles. The Morgan fingerprint density at radius 2 is 1.62 bits per heavy atom. The predicted octanol–water partition coefficient (Wildman–Crippen LogP) is 4.19. The van der Waals surface area contributed by atoms with Gasteiger partial charge in [-0.05, 0) is 71.7 Å². The van der Waals surface area contributed by atoms with E-state index in [1.54, 1.807) is 30.3 Å². The van der Waals surface area contributed by atoms with Crippen LogP contribution in [-0.2, 0) is 19.2 Å². The smallest absolute Gasteiger partial charge is 0.253 e. The normalized spacial score (nSPS) is 34.9. The summed E-state index contributed by atoms with van der Waals surface area (Å²) in [5, 5.41) is 10.8. The first-order valence-electron chi connectivity index (χ1n) is 11.8. The molecule has 1 saturated carbocycles. The predicted molar refractivity (Wildman–Crippen MR) is 145 cm³/mol. The molecule has 0 spiro atoms. The number of benzene rings is 2. The van der Waals surface area contributed by atoms with Crippen molar-refractivity contribution < 1.29 is 24.3 Å². The second-order valence-corrected chi connectivity index (χ2v) is 12.5. The fraction of sp³-hybridized carbons (Fsp3) is 0.333. The van der Waals surface area contributed by atoms with Crippen LogP contribution in [-0.4, -0.2) is 50.4 Å². The second-order valence-electron chi connectivity index (χ2n) is 10.0. The number of hydrogen-bond acceptors (Lipinski definition) is 5. The molecule has 6 atom stereocenters. The number of rotatable bonds is 2. The number of para-hydroxylation sites is 1. The quantitative estimate of drug-likeness (QED) is 0.228. The van der Waals surface area contributed by atoms with Gasteiger partial charge in [-0.25, -0.2) is 0 Å². The van der Waals surface area contributed by atoms with Crippen LogP contribution in [0.1, 0.15) is 24.3 Å². The third-order valence-electron chi connectivity index (χ3n) is 8.35. The summed E-state index contributed by atoms with van der Waals surface area (Å²) < 4.78 is 0.968. The summed E-state index contributed by atoms with van der Waals surface area (Å²) in [5.41, 5.74) is 1.48. The zero-order valence-corrected chi connectivity index (χ0v) is 23.2. The number of likely N-dealkylation sites (tertiary alicyclic amines) is 1. The average Bonchev–Trinajstić information content (AvgIpc) is 3.20. The molecule has 2 heterocycles. The Morgan fingerprint density at radius 1 is 0.946 bits per heavy atom. The maximum Gasteiger partial charge on any atom is 0.253 e. The summed E-state index contributed by atoms with van der Waals surface area (Å²) in [4.78, 5) is 52.7. The lowest BCUT2D eigenvalue weighted by Gasteiger charge is -2.50. The van der Waals surface area contributed by atoms with E-state index in [9.17, 15) is 24.3 Å². The Hall–Kier alpha value is -2.43. The number of allylic oxidation sites excluding steroid dienone is 2. The zero-order chi connectivity index (χ0) is 26.4. The lowest BCUT2D eigenvalue weighted by Crippen LogP contribution is -2.60. The number of phenols is 1. The van der Waals surface area contributed by atoms with E-state index < -0.39 is 45.2 Å². The number of halogens is 3. The summed E-state index contributed by atoms with van der Waals surface area (Å²) in [6.45, 7) is 0. The van der Waals surface area contributed by atoms with E-state index in [0.717, 1.165) is 8.47 Å². The van der Waals surface area contributed by atoms with Crippen LogP contribution >= 0.6 is 45.8 Å². The molecule has 6 rings (SSSR count). The van der Waals surface area contributed by atoms with Crippen molar-refractivity contribution in [1.82, 2.24) is 4.90 Å². The van der Waals surface area contributed by atoms with Gasteiger partial charge in [0.25, 0.3) is 11.8 Å². The van der Waals surface area contributed by atoms with Crippen LogP contribution in [0.4, 0.5) is 5.69 Å². The van der Waals surface area contributed by atoms with Crippen LogP contribution in [0.25, 0.3) is 0 Å². The van der Waals surface area contributed by atoms with E-state index in [-0.39, 0.29) is 30.4 Å². The lowest BCUT2D eigenvalue weighted by atomic mass is 9.56. The van der Waals surface area contributed by atoms with Gasteiger partial charge in [0.05, 0.1) is 17.5 Å². The van der Waals surface area contributed by atoms with Crippen molar-refractivity contribution >= 4 is 75.1 Å². The number of carbonyl (C=O) groups is 4. The minimum atomic E-state index is -1.91. The molecule has 2 aliphatic heterocycles. The number of nitrogens with zero attached hydrogens (tertiary/aromatic N) is 2. The van der Waals surface area contributed by atoms with E-state index in [0.29, 0.717) is 16.8 Å². The van der Waals surface area contributed by atoms with E-state index in [2.05, 4.69) is 22.6 Å². The van der Waals surface area contributed by atoms with Crippen LogP contribution < -0.4 is 4.90 Å². The van der Waals surface area contributed by atoms with Crippen LogP contribution in [0, 0.1) is 21.3 Å². The number of hydrogen-bond donors (Lipinski definition) is 1. The van der Waals surface area contributed by atoms with Crippen molar-refractivity contribution in [2.45, 2.75) is 28.5 Å². The number of anilines is 1. The molecular weight excluding hydrogens is 630 g/mol. The molecule has 0 unspecified atom stereocenters. The molecule has 37 heavy (non-hydrogen) atoms. The molecular formula is C27H21Cl2IN2O5. The van der Waals surface area contributed by atoms with Crippen molar-refractivity contribution in [3.05, 3.63) is 69.3 Å². The van der Waals surface area contributed by atoms with E-state index in [1.807, 2.05) is 18.2 Å². The Balaban J connectivity index is 1.52. The van der Waals surface area contributed by atoms with Gasteiger partial charge in [-0.15, -0.1) is 23.2 Å². The maximum absolute atomic E-state index is 13.9. The highest BCUT2D eigenvalue weighted by Crippen LogP contribution is 2.66. The largest absolute Gasteiger partial charge is 0.508 e. The Bertz CT molecular complexity index is 1430. The maximum atomic E-state index is 13.9. The van der Waals surface area contributed by atoms with Gasteiger partial charge in [0.1, 0.15) is 5.75 Å². The minimum absolute atomic E-state index is 0.0797. The van der Waals surface area contributed by atoms with Gasteiger partial charge in [-0.3, -0.25) is 29.0 Å². The summed E-state index contributed by atoms with van der Waals surface area (Å²) in [6.07, 6.45) is 2.04. The van der Waals surface area contributed by atoms with Crippen LogP contribution in [0.3, 0.4) is 0 Å². The fourth-order valence-electron chi connectivity index (χ4n) is 6.67. The number of amides is 4. The third-order valence-corrected chi connectivity index (χ3v) is 10.5. The number of phenolic OH excluding ortho intramolecular Hbond substituents is 1. The monoisotopic (exact) mass is 650 g/mol. The molecule has 2 aromatic carbocycles. The van der Waals surface area contributed by atoms with Crippen molar-refractivity contribution in [2.75, 3.05) is 11.9 Å². The summed E-state index contributed by atoms with van der Waals surface area (Å²) in [7, 11) is 1.34. The van der Waals surface area contributed by atoms with Crippen LogP contribution in [0.2, 0.25) is 0 Å². The van der Waals surface area contributed by atoms with E-state index in [4.69, 9.17) is 23.2 Å². The summed E-state index contributed by atoms with van der Waals surface area (Å²) in [6, 6.07) is 13.6. The summed E-state index contributed by atoms with van der Waals surface area (Å²) in [5.74, 6) is -5.06. The Morgan fingerprint density at radius 3 is 2.30 bits per heavy atom. The van der Waals surface area contributed by atoms with Crippen LogP contribution in [0.5, 0.6) is 5.75 Å². The van der Waals surface area contributed by atoms with Gasteiger partial charge in [0.2, 0.25) is 11.8 Å². The van der Waals surface area contributed by atoms with Crippen molar-refractivity contribution in [1.29, 1.82) is 0 Å². The number of carbonyl (C=O) groups excluding carboxylic acids is 4. The standard InChI is InChI=1S/C27H21Cl2IN2O5/c1-31-24(36)26(28)12-18-15(21(27(26,29)25(31)37)16-4-2-3-5-19(16)33)10-11-17-20(18)23(35)32(22(17)34)14-8-6-13(30)7-9-14/h2-10,17-18,20-21,33H,11-12H2,1H3/t17-,18+,20-,21+,26+,27-/m0/s1. The van der Waals surface area contributed by atoms with Crippen molar-refractivity contribution in [3.8, 4) is 5.75 Å². The number of imide groups is 2. The number of aromatic hydroxyl groups is 1. The SMILES string of the molecule is CN1C(=O)[C@]2(Cl)C[C@@H]3C(=CC[C@@H]4C(=O)N(c5ccc(I)cc5)C(=O)[C@@H]43)[C@H](c3ccccc3O)[C@]2(Cl)C1=O. The number of alkyl halides is 2. The Kier molecular flexibility index (Phi) is 5.57. The first-order valence-corrected chi connectivity index (χ1v) is 13.7. The topological polar surface area (TPSA) is 95.0 Å². The molecule has 10 heteroatoms. The molecule has 2 aliphatic carbocycles. The van der Waals surface area contributed by atoms with Gasteiger partial charge >= 0.3 is 0 Å². The molecule has 2 aromatic rings. The van der Waals surface area contributed by atoms with Gasteiger partial charge in [-0.1, -0.05) is 29.8 Å². The van der Waals surface area contributed by atoms with Crippen LogP contribution in [0.15, 0.2) is 60.2 Å². The van der Waals surface area contributed by atoms with E-state index >= 15 is 0 Å². The van der Waals surface area contributed by atoms with Gasteiger partial charge in [0, 0.05) is 22.1 Å². The third kappa shape index (κ3) is 3.12. The van der Waals surface area contributed by atoms with Gasteiger partial charge in [-0.2, -0.15) is 0 Å². The molecule has 4 amide bonds. The minimum Gasteiger partial charge on any atom is -0.508 e. The fourth-order valence-corrected chi connectivity index (χ4v) is 8.04. The molecule has 1 N–H and O–H groups in total. The molecule has 0 bridgehead atoms. The molecule has 190 valence electrons. The zero-order valence-electron chi connectivity index (χ0n) is 19.5. The van der Waals surface area contributed by atoms with Crippen molar-refractivity contribution in [2.24, 2.45) is 17.8 Å². The molecule has 3 fully saturated rings. The highest BCUT2D eigenvalue weighted by Gasteiger charge is 2.76. The molecule has 0 aromatic heterocycles. The molecule has 0 radical (unpaired) electrons. The highest BCUT2D eigenvalue weighted by molar-refractivity contribution is 14.1. The molecule has 4 aliphatic rings.